The van der Waals surface area contributed by atoms with Crippen LogP contribution in [0, 0.1) is 5.92 Å². The third-order valence-corrected chi connectivity index (χ3v) is 4.40. The van der Waals surface area contributed by atoms with Gasteiger partial charge in [-0.3, -0.25) is 14.4 Å². The second-order valence-corrected chi connectivity index (χ2v) is 7.04. The number of hydrogen-bond acceptors (Lipinski definition) is 11. The van der Waals surface area contributed by atoms with E-state index in [1.165, 1.54) is 0 Å². The van der Waals surface area contributed by atoms with Gasteiger partial charge in [-0.05, 0) is 0 Å². The summed E-state index contributed by atoms with van der Waals surface area (Å²) in [5, 5.41) is 51.9. The molecule has 0 aliphatic carbocycles. The number of nitrogens with two attached hydrogens (primary N) is 2. The Kier molecular flexibility index (Phi) is 9.08. The number of aliphatic hydroxyl groups is 4. The molecule has 7 atom stereocenters. The number of primary amides is 1. The number of carbonyl (C=O) groups is 4. The molecule has 10 N–H and O–H groups in total. The quantitative estimate of drug-likeness (QED) is 0.119. The Morgan fingerprint density at radius 3 is 2.40 bits per heavy atom. The van der Waals surface area contributed by atoms with E-state index in [-0.39, 0.29) is 0 Å². The SMILES string of the molecule is CC(=O)N[C@@H](O)[C@@H]1[C@H](C[C@H](O)COC(=O)[C@@H](N)CC(N)=O)O[C@](O)(C(=O)O)C[C@@H]1O. The van der Waals surface area contributed by atoms with Crippen molar-refractivity contribution in [2.45, 2.75) is 62.6 Å². The smallest absolute Gasteiger partial charge is 0.364 e. The first-order valence-corrected chi connectivity index (χ1v) is 8.92. The molecule has 172 valence electrons. The Balaban J connectivity index is 2.86. The summed E-state index contributed by atoms with van der Waals surface area (Å²) in [4.78, 5) is 44.9. The van der Waals surface area contributed by atoms with Crippen molar-refractivity contribution >= 4 is 23.8 Å². The van der Waals surface area contributed by atoms with Crippen molar-refractivity contribution in [3.63, 3.8) is 0 Å². The molecule has 1 rings (SSSR count). The minimum atomic E-state index is -2.81. The highest BCUT2D eigenvalue weighted by molar-refractivity contribution is 5.84. The first kappa shape index (κ1) is 25.7. The zero-order valence-corrected chi connectivity index (χ0v) is 16.1. The lowest BCUT2D eigenvalue weighted by atomic mass is 9.83. The highest BCUT2D eigenvalue weighted by atomic mass is 16.7. The zero-order chi connectivity index (χ0) is 23.2. The van der Waals surface area contributed by atoms with Gasteiger partial charge in [0.25, 0.3) is 5.79 Å². The highest BCUT2D eigenvalue weighted by Crippen LogP contribution is 2.35. The lowest BCUT2D eigenvalue weighted by Crippen LogP contribution is -2.61. The van der Waals surface area contributed by atoms with Crippen molar-refractivity contribution in [2.24, 2.45) is 17.4 Å². The Morgan fingerprint density at radius 2 is 1.90 bits per heavy atom. The normalized spacial score (nSPS) is 29.3. The molecule has 0 aromatic carbocycles. The van der Waals surface area contributed by atoms with E-state index < -0.39 is 91.9 Å². The summed E-state index contributed by atoms with van der Waals surface area (Å²) < 4.78 is 9.84. The third-order valence-electron chi connectivity index (χ3n) is 4.40. The number of ether oxygens (including phenoxy) is 2. The number of amides is 2. The second kappa shape index (κ2) is 10.6. The maximum Gasteiger partial charge on any atom is 0.364 e. The molecule has 14 heteroatoms. The molecule has 0 spiro atoms. The molecule has 0 unspecified atom stereocenters. The molecule has 2 amide bonds. The van der Waals surface area contributed by atoms with Crippen molar-refractivity contribution in [3.8, 4) is 0 Å². The van der Waals surface area contributed by atoms with Crippen molar-refractivity contribution in [3.05, 3.63) is 0 Å². The van der Waals surface area contributed by atoms with Gasteiger partial charge in [0, 0.05) is 19.8 Å². The van der Waals surface area contributed by atoms with Gasteiger partial charge in [0.2, 0.25) is 11.8 Å². The minimum Gasteiger partial charge on any atom is -0.477 e. The molecule has 0 aromatic rings. The van der Waals surface area contributed by atoms with E-state index in [2.05, 4.69) is 5.32 Å². The van der Waals surface area contributed by atoms with Gasteiger partial charge in [0.05, 0.1) is 30.7 Å². The first-order valence-electron chi connectivity index (χ1n) is 8.92. The molecule has 30 heavy (non-hydrogen) atoms. The van der Waals surface area contributed by atoms with Crippen LogP contribution in [0.3, 0.4) is 0 Å². The van der Waals surface area contributed by atoms with E-state index in [0.29, 0.717) is 0 Å². The predicted molar refractivity (Wildman–Crippen MR) is 94.8 cm³/mol. The van der Waals surface area contributed by atoms with Crippen LogP contribution in [0.5, 0.6) is 0 Å². The fourth-order valence-electron chi connectivity index (χ4n) is 3.03. The largest absolute Gasteiger partial charge is 0.477 e. The van der Waals surface area contributed by atoms with Gasteiger partial charge in [-0.15, -0.1) is 0 Å². The van der Waals surface area contributed by atoms with Gasteiger partial charge >= 0.3 is 11.9 Å². The van der Waals surface area contributed by atoms with Gasteiger partial charge < -0.3 is 51.8 Å². The van der Waals surface area contributed by atoms with Crippen LogP contribution in [-0.2, 0) is 28.7 Å². The number of nitrogens with one attached hydrogen (secondary N) is 1. The Morgan fingerprint density at radius 1 is 1.30 bits per heavy atom. The maximum absolute atomic E-state index is 11.7. The number of aliphatic hydroxyl groups excluding tert-OH is 3. The summed E-state index contributed by atoms with van der Waals surface area (Å²) in [6.07, 6.45) is -8.10. The van der Waals surface area contributed by atoms with Crippen LogP contribution < -0.4 is 16.8 Å². The fraction of sp³-hybridized carbons (Fsp3) is 0.750. The number of carboxylic acids is 1. The minimum absolute atomic E-state index is 0.483. The average molecular weight is 437 g/mol. The van der Waals surface area contributed by atoms with Gasteiger partial charge in [-0.1, -0.05) is 0 Å². The van der Waals surface area contributed by atoms with Crippen molar-refractivity contribution in [1.82, 2.24) is 5.32 Å². The van der Waals surface area contributed by atoms with Crippen LogP contribution in [0.25, 0.3) is 0 Å². The van der Waals surface area contributed by atoms with Gasteiger partial charge in [-0.25, -0.2) is 4.79 Å². The lowest BCUT2D eigenvalue weighted by Gasteiger charge is -2.44. The second-order valence-electron chi connectivity index (χ2n) is 7.04. The Bertz CT molecular complexity index is 660. The standard InChI is InChI=1S/C16H27N3O11/c1-6(20)19-13(24)12-9(22)4-16(28,15(26)27)30-10(12)2-7(21)5-29-14(25)8(17)3-11(18)23/h7-10,12-13,21-22,24,28H,2-5,17H2,1H3,(H2,18,23)(H,19,20)(H,26,27)/t7-,8-,9-,10-,12-,13-,16-/m0/s1. The summed E-state index contributed by atoms with van der Waals surface area (Å²) in [5.41, 5.74) is 10.3. The predicted octanol–water partition coefficient (Wildman–Crippen LogP) is -4.52. The Hall–Kier alpha value is -2.36. The van der Waals surface area contributed by atoms with Crippen molar-refractivity contribution < 1.29 is 54.2 Å². The van der Waals surface area contributed by atoms with E-state index in [4.69, 9.17) is 26.0 Å². The molecule has 1 fully saturated rings. The fourth-order valence-corrected chi connectivity index (χ4v) is 3.03. The molecular weight excluding hydrogens is 410 g/mol. The molecule has 0 saturated carbocycles. The summed E-state index contributed by atoms with van der Waals surface area (Å²) in [5.74, 6) is -8.48. The van der Waals surface area contributed by atoms with Crippen LogP contribution in [0.1, 0.15) is 26.2 Å². The molecule has 0 radical (unpaired) electrons. The highest BCUT2D eigenvalue weighted by Gasteiger charge is 2.53. The van der Waals surface area contributed by atoms with Gasteiger partial charge in [0.1, 0.15) is 18.9 Å². The number of hydrogen-bond donors (Lipinski definition) is 8. The maximum atomic E-state index is 11.7. The summed E-state index contributed by atoms with van der Waals surface area (Å²) >= 11 is 0. The Labute approximate surface area is 170 Å². The van der Waals surface area contributed by atoms with Crippen molar-refractivity contribution in [2.75, 3.05) is 6.61 Å². The van der Waals surface area contributed by atoms with Crippen molar-refractivity contribution in [1.29, 1.82) is 0 Å². The first-order chi connectivity index (χ1) is 13.8. The monoisotopic (exact) mass is 437 g/mol. The van der Waals surface area contributed by atoms with Crippen LogP contribution >= 0.6 is 0 Å². The molecular formula is C16H27N3O11. The molecule has 0 bridgehead atoms. The van der Waals surface area contributed by atoms with Crippen LogP contribution in [0.2, 0.25) is 0 Å². The average Bonchev–Trinajstić information content (AvgIpc) is 2.57. The number of carbonyl (C=O) groups excluding carboxylic acids is 3. The third kappa shape index (κ3) is 7.16. The number of rotatable bonds is 10. The van der Waals surface area contributed by atoms with E-state index in [1.54, 1.807) is 0 Å². The van der Waals surface area contributed by atoms with Gasteiger partial charge in [-0.2, -0.15) is 0 Å². The molecule has 1 heterocycles. The van der Waals surface area contributed by atoms with E-state index in [0.717, 1.165) is 6.92 Å². The molecule has 1 aliphatic rings. The van der Waals surface area contributed by atoms with Crippen LogP contribution in [0.4, 0.5) is 0 Å². The number of aliphatic carboxylic acids is 1. The number of esters is 1. The zero-order valence-electron chi connectivity index (χ0n) is 16.1. The lowest BCUT2D eigenvalue weighted by molar-refractivity contribution is -0.297. The van der Waals surface area contributed by atoms with Crippen LogP contribution in [0.15, 0.2) is 0 Å². The van der Waals surface area contributed by atoms with Gasteiger partial charge in [0.15, 0.2) is 0 Å². The van der Waals surface area contributed by atoms with E-state index >= 15 is 0 Å². The number of carboxylic acid groups (broad SMARTS) is 1. The van der Waals surface area contributed by atoms with Crippen LogP contribution in [-0.4, -0.2) is 92.3 Å². The van der Waals surface area contributed by atoms with E-state index in [9.17, 15) is 39.6 Å². The summed E-state index contributed by atoms with van der Waals surface area (Å²) in [6, 6.07) is -1.35. The topological polar surface area (TPSA) is 252 Å². The molecule has 0 aromatic heterocycles. The molecule has 1 aliphatic heterocycles. The molecule has 1 saturated heterocycles. The molecule has 14 nitrogen and oxygen atoms in total. The van der Waals surface area contributed by atoms with E-state index in [1.807, 2.05) is 0 Å². The summed E-state index contributed by atoms with van der Waals surface area (Å²) in [7, 11) is 0. The summed E-state index contributed by atoms with van der Waals surface area (Å²) in [6.45, 7) is 0.432.